The van der Waals surface area contributed by atoms with Gasteiger partial charge in [0.25, 0.3) is 0 Å². The van der Waals surface area contributed by atoms with Crippen molar-refractivity contribution in [3.05, 3.63) is 111 Å². The van der Waals surface area contributed by atoms with Crippen molar-refractivity contribution in [2.45, 2.75) is 12.4 Å². The molecule has 4 rings (SSSR count). The molecule has 18 heteroatoms. The molecule has 0 aromatic heterocycles. The molecule has 0 atom stereocenters. The first-order chi connectivity index (χ1) is 20.2. The minimum atomic E-state index is -5.00. The molecule has 0 aliphatic carbocycles. The van der Waals surface area contributed by atoms with E-state index in [9.17, 15) is 57.8 Å². The van der Waals surface area contributed by atoms with Crippen molar-refractivity contribution in [1.29, 1.82) is 0 Å². The number of hydrogen-bond donors (Lipinski definition) is 4. The minimum absolute atomic E-state index is 0.113. The summed E-state index contributed by atoms with van der Waals surface area (Å²) in [6.45, 7) is 0. The molecule has 0 aliphatic rings. The Hall–Kier alpha value is -3.90. The lowest BCUT2D eigenvalue weighted by atomic mass is 9.80. The maximum Gasteiger partial charge on any atom is 0.491 e. The molecule has 4 N–H and O–H groups in total. The Morgan fingerprint density at radius 2 is 0.977 bits per heavy atom. The molecule has 0 saturated heterocycles. The van der Waals surface area contributed by atoms with Crippen LogP contribution < -0.4 is 5.46 Å². The molecule has 4 nitrogen and oxygen atoms in total. The van der Waals surface area contributed by atoms with Crippen molar-refractivity contribution in [2.24, 2.45) is 0 Å². The van der Waals surface area contributed by atoms with E-state index in [1.807, 2.05) is 0 Å². The molecule has 4 aromatic rings. The number of phenols is 2. The smallest absolute Gasteiger partial charge is 0.491 e. The van der Waals surface area contributed by atoms with E-state index < -0.39 is 93.6 Å². The lowest BCUT2D eigenvalue weighted by Crippen LogP contribution is -2.33. The summed E-state index contributed by atoms with van der Waals surface area (Å²) in [5, 5.41) is 35.2. The zero-order valence-corrected chi connectivity index (χ0v) is 22.6. The van der Waals surface area contributed by atoms with E-state index >= 15 is 0 Å². The predicted molar refractivity (Wildman–Crippen MR) is 135 cm³/mol. The third-order valence-corrected chi connectivity index (χ3v) is 5.94. The molecule has 44 heavy (non-hydrogen) atoms. The summed E-state index contributed by atoms with van der Waals surface area (Å²) in [5.41, 5.74) is -4.71. The van der Waals surface area contributed by atoms with Gasteiger partial charge in [-0.1, -0.05) is 24.3 Å². The van der Waals surface area contributed by atoms with Gasteiger partial charge in [0.1, 0.15) is 0 Å². The van der Waals surface area contributed by atoms with Crippen LogP contribution in [0.1, 0.15) is 11.1 Å². The van der Waals surface area contributed by atoms with E-state index in [0.717, 1.165) is 36.4 Å². The van der Waals surface area contributed by atoms with Crippen molar-refractivity contribution in [1.82, 2.24) is 0 Å². The average molecular weight is 709 g/mol. The van der Waals surface area contributed by atoms with E-state index in [1.165, 1.54) is 6.07 Å². The summed E-state index contributed by atoms with van der Waals surface area (Å²) in [6, 6.07) is 8.62. The maximum absolute atomic E-state index is 13.5. The van der Waals surface area contributed by atoms with Crippen LogP contribution >= 0.6 is 15.9 Å². The van der Waals surface area contributed by atoms with Crippen molar-refractivity contribution in [3.63, 3.8) is 0 Å². The van der Waals surface area contributed by atoms with Gasteiger partial charge in [0.05, 0.1) is 15.6 Å². The van der Waals surface area contributed by atoms with Crippen LogP contribution in [0.3, 0.4) is 0 Å². The van der Waals surface area contributed by atoms with E-state index in [1.54, 1.807) is 0 Å². The van der Waals surface area contributed by atoms with Gasteiger partial charge in [0.2, 0.25) is 0 Å². The van der Waals surface area contributed by atoms with Crippen LogP contribution in [0.4, 0.5) is 52.7 Å². The summed E-state index contributed by atoms with van der Waals surface area (Å²) in [5.74, 6) is -11.0. The minimum Gasteiger partial charge on any atom is -0.504 e. The van der Waals surface area contributed by atoms with Gasteiger partial charge in [-0.05, 0) is 52.3 Å². The van der Waals surface area contributed by atoms with Crippen molar-refractivity contribution in [2.75, 3.05) is 0 Å². The molecule has 0 spiro atoms. The molecule has 0 bridgehead atoms. The van der Waals surface area contributed by atoms with Crippen LogP contribution in [-0.2, 0) is 12.4 Å². The highest BCUT2D eigenvalue weighted by molar-refractivity contribution is 9.10. The first kappa shape index (κ1) is 36.3. The summed E-state index contributed by atoms with van der Waals surface area (Å²) in [6.07, 6.45) is -9.79. The zero-order chi connectivity index (χ0) is 33.7. The molecule has 236 valence electrons. The molecule has 0 radical (unpaired) electrons. The Kier molecular flexibility index (Phi) is 11.8. The topological polar surface area (TPSA) is 80.9 Å². The van der Waals surface area contributed by atoms with Crippen LogP contribution in [0, 0.1) is 34.9 Å². The van der Waals surface area contributed by atoms with Gasteiger partial charge in [0, 0.05) is 16.6 Å². The number of hydrogen-bond acceptors (Lipinski definition) is 4. The van der Waals surface area contributed by atoms with Crippen LogP contribution in [0.5, 0.6) is 11.5 Å². The third-order valence-electron chi connectivity index (χ3n) is 5.30. The highest BCUT2D eigenvalue weighted by atomic mass is 79.9. The monoisotopic (exact) mass is 708 g/mol. The normalized spacial score (nSPS) is 11.2. The fraction of sp³-hybridized carbons (Fsp3) is 0.0769. The Labute approximate surface area is 247 Å². The highest BCUT2D eigenvalue weighted by Gasteiger charge is 2.37. The van der Waals surface area contributed by atoms with Crippen molar-refractivity contribution < 1.29 is 72.9 Å². The fourth-order valence-electron chi connectivity index (χ4n) is 3.19. The number of alkyl halides is 6. The molecule has 0 amide bonds. The van der Waals surface area contributed by atoms with Crippen molar-refractivity contribution in [3.8, 4) is 22.6 Å². The SMILES string of the molecule is OB(O)c1cccc(F)c1F.Oc1c(-c2cccc(F)c2F)ccc(C(F)(F)F)c1F.Oc1c(Br)ccc(C(F)(F)F)c1F. The van der Waals surface area contributed by atoms with Gasteiger partial charge in [-0.15, -0.1) is 0 Å². The molecule has 0 saturated carbocycles. The second kappa shape index (κ2) is 14.3. The second-order valence-electron chi connectivity index (χ2n) is 8.19. The van der Waals surface area contributed by atoms with E-state index in [-0.39, 0.29) is 4.47 Å². The first-order valence-corrected chi connectivity index (χ1v) is 12.1. The molecule has 0 unspecified atom stereocenters. The zero-order valence-electron chi connectivity index (χ0n) is 21.1. The maximum atomic E-state index is 13.5. The van der Waals surface area contributed by atoms with Gasteiger partial charge < -0.3 is 20.3 Å². The predicted octanol–water partition coefficient (Wildman–Crippen LogP) is 7.45. The van der Waals surface area contributed by atoms with Crippen molar-refractivity contribution >= 4 is 28.5 Å². The van der Waals surface area contributed by atoms with Crippen LogP contribution in [0.2, 0.25) is 0 Å². The third kappa shape index (κ3) is 8.60. The van der Waals surface area contributed by atoms with Crippen LogP contribution in [-0.4, -0.2) is 27.4 Å². The van der Waals surface area contributed by atoms with Gasteiger partial charge in [-0.25, -0.2) is 26.3 Å². The molecular weight excluding hydrogens is 695 g/mol. The number of benzene rings is 4. The first-order valence-electron chi connectivity index (χ1n) is 11.3. The summed E-state index contributed by atoms with van der Waals surface area (Å²) < 4.78 is 151. The summed E-state index contributed by atoms with van der Waals surface area (Å²) >= 11 is 2.69. The Morgan fingerprint density at radius 1 is 0.523 bits per heavy atom. The summed E-state index contributed by atoms with van der Waals surface area (Å²) in [7, 11) is -1.97. The van der Waals surface area contributed by atoms with E-state index in [4.69, 9.17) is 15.2 Å². The van der Waals surface area contributed by atoms with E-state index in [0.29, 0.717) is 18.2 Å². The fourth-order valence-corrected chi connectivity index (χ4v) is 3.50. The van der Waals surface area contributed by atoms with Gasteiger partial charge >= 0.3 is 19.5 Å². The number of halogens is 13. The van der Waals surface area contributed by atoms with Gasteiger partial charge in [-0.2, -0.15) is 26.3 Å². The van der Waals surface area contributed by atoms with Gasteiger partial charge in [-0.3, -0.25) is 0 Å². The number of rotatable bonds is 2. The van der Waals surface area contributed by atoms with Gasteiger partial charge in [0.15, 0.2) is 46.4 Å². The molecule has 4 aromatic carbocycles. The van der Waals surface area contributed by atoms with E-state index in [2.05, 4.69) is 15.9 Å². The average Bonchev–Trinajstić information content (AvgIpc) is 2.91. The Balaban J connectivity index is 0.000000244. The highest BCUT2D eigenvalue weighted by Crippen LogP contribution is 2.41. The summed E-state index contributed by atoms with van der Waals surface area (Å²) in [4.78, 5) is 0. The lowest BCUT2D eigenvalue weighted by Gasteiger charge is -2.12. The Bertz CT molecular complexity index is 1630. The largest absolute Gasteiger partial charge is 0.504 e. The van der Waals surface area contributed by atoms with Crippen LogP contribution in [0.25, 0.3) is 11.1 Å². The number of phenolic OH excluding ortho intramolecular Hbond substituents is 2. The molecular formula is C26H14BBrF12O4. The number of aromatic hydroxyl groups is 2. The lowest BCUT2D eigenvalue weighted by molar-refractivity contribution is -0.141. The quantitative estimate of drug-likeness (QED) is 0.129. The molecule has 0 aliphatic heterocycles. The van der Waals surface area contributed by atoms with Crippen LogP contribution in [0.15, 0.2) is 65.1 Å². The molecule has 0 fully saturated rings. The Morgan fingerprint density at radius 3 is 1.45 bits per heavy atom. The standard InChI is InChI=1S/C13H6F6O.C7H3BrF4O.C6H5BF2O2/c14-9-3-1-2-6(10(9)15)7-4-5-8(13(17,18)19)11(16)12(7)20;8-4-2-1-3(7(10,11)12)5(9)6(4)13;8-5-3-1-2-4(6(5)9)7(10)11/h1-5,20H;1-2,13H;1-3,10-11H. The second-order valence-corrected chi connectivity index (χ2v) is 9.05. The molecule has 0 heterocycles.